The van der Waals surface area contributed by atoms with Crippen molar-refractivity contribution >= 4 is 11.8 Å². The highest BCUT2D eigenvalue weighted by molar-refractivity contribution is 7.98. The van der Waals surface area contributed by atoms with E-state index in [1.54, 1.807) is 11.8 Å². The number of hydrogen-bond donors (Lipinski definition) is 1. The van der Waals surface area contributed by atoms with E-state index >= 15 is 0 Å². The Balaban J connectivity index is 1.73. The average Bonchev–Trinajstić information content (AvgIpc) is 2.53. The Bertz CT molecular complexity index is 536. The van der Waals surface area contributed by atoms with Crippen LogP contribution < -0.4 is 10.1 Å². The molecule has 0 aliphatic carbocycles. The van der Waals surface area contributed by atoms with Gasteiger partial charge < -0.3 is 10.1 Å². The van der Waals surface area contributed by atoms with Crippen molar-refractivity contribution in [3.63, 3.8) is 0 Å². The molecule has 3 heteroatoms. The van der Waals surface area contributed by atoms with Crippen molar-refractivity contribution in [2.24, 2.45) is 0 Å². The molecule has 1 unspecified atom stereocenters. The lowest BCUT2D eigenvalue weighted by atomic mass is 10.2. The first kappa shape index (κ1) is 15.9. The Morgan fingerprint density at radius 3 is 2.33 bits per heavy atom. The van der Waals surface area contributed by atoms with Crippen LogP contribution in [-0.4, -0.2) is 18.9 Å². The first-order valence-corrected chi connectivity index (χ1v) is 8.45. The zero-order valence-corrected chi connectivity index (χ0v) is 13.7. The fraction of sp³-hybridized carbons (Fsp3) is 0.333. The summed E-state index contributed by atoms with van der Waals surface area (Å²) >= 11 is 1.77. The Morgan fingerprint density at radius 1 is 1.05 bits per heavy atom. The summed E-state index contributed by atoms with van der Waals surface area (Å²) in [6.45, 7) is 5.76. The van der Waals surface area contributed by atoms with Crippen LogP contribution in [0.3, 0.4) is 0 Å². The number of nitrogens with one attached hydrogen (secondary N) is 1. The zero-order valence-electron chi connectivity index (χ0n) is 12.9. The van der Waals surface area contributed by atoms with Gasteiger partial charge in [0, 0.05) is 17.5 Å². The molecule has 2 rings (SSSR count). The summed E-state index contributed by atoms with van der Waals surface area (Å²) in [5, 5.41) is 3.49. The predicted molar refractivity (Wildman–Crippen MR) is 91.2 cm³/mol. The second-order valence-corrected chi connectivity index (χ2v) is 6.13. The standard InChI is InChI=1S/C18H23NOS/c1-14-4-8-17(9-5-14)20-13-15(2)19-12-16-6-10-18(21-3)11-7-16/h4-11,15,19H,12-13H2,1-3H3. The monoisotopic (exact) mass is 301 g/mol. The highest BCUT2D eigenvalue weighted by atomic mass is 32.2. The molecule has 1 N–H and O–H groups in total. The van der Waals surface area contributed by atoms with E-state index in [1.165, 1.54) is 16.0 Å². The van der Waals surface area contributed by atoms with Gasteiger partial charge in [-0.1, -0.05) is 29.8 Å². The SMILES string of the molecule is CSc1ccc(CNC(C)COc2ccc(C)cc2)cc1. The average molecular weight is 301 g/mol. The minimum absolute atomic E-state index is 0.312. The van der Waals surface area contributed by atoms with E-state index in [0.29, 0.717) is 12.6 Å². The van der Waals surface area contributed by atoms with Crippen LogP contribution in [0.1, 0.15) is 18.1 Å². The molecule has 0 bridgehead atoms. The van der Waals surface area contributed by atoms with Crippen LogP contribution in [0.25, 0.3) is 0 Å². The van der Waals surface area contributed by atoms with E-state index in [4.69, 9.17) is 4.74 Å². The molecule has 0 spiro atoms. The summed E-state index contributed by atoms with van der Waals surface area (Å²) in [4.78, 5) is 1.30. The van der Waals surface area contributed by atoms with Crippen molar-refractivity contribution in [2.75, 3.05) is 12.9 Å². The maximum absolute atomic E-state index is 5.78. The third-order valence-electron chi connectivity index (χ3n) is 3.33. The third-order valence-corrected chi connectivity index (χ3v) is 4.08. The second kappa shape index (κ2) is 8.11. The van der Waals surface area contributed by atoms with Gasteiger partial charge in [0.2, 0.25) is 0 Å². The number of thioether (sulfide) groups is 1. The van der Waals surface area contributed by atoms with Crippen LogP contribution in [0, 0.1) is 6.92 Å². The van der Waals surface area contributed by atoms with Crippen LogP contribution in [0.5, 0.6) is 5.75 Å². The smallest absolute Gasteiger partial charge is 0.119 e. The van der Waals surface area contributed by atoms with Gasteiger partial charge in [-0.3, -0.25) is 0 Å². The van der Waals surface area contributed by atoms with Crippen LogP contribution in [-0.2, 0) is 6.54 Å². The molecule has 0 radical (unpaired) electrons. The summed E-state index contributed by atoms with van der Waals surface area (Å²) in [6.07, 6.45) is 2.09. The Labute approximate surface area is 131 Å². The van der Waals surface area contributed by atoms with Crippen LogP contribution >= 0.6 is 11.8 Å². The first-order chi connectivity index (χ1) is 10.2. The summed E-state index contributed by atoms with van der Waals surface area (Å²) in [5.41, 5.74) is 2.55. The number of rotatable bonds is 7. The lowest BCUT2D eigenvalue weighted by molar-refractivity contribution is 0.272. The largest absolute Gasteiger partial charge is 0.492 e. The van der Waals surface area contributed by atoms with Gasteiger partial charge >= 0.3 is 0 Å². The number of hydrogen-bond acceptors (Lipinski definition) is 3. The molecular weight excluding hydrogens is 278 g/mol. The normalized spacial score (nSPS) is 12.1. The van der Waals surface area contributed by atoms with Gasteiger partial charge in [0.1, 0.15) is 12.4 Å². The van der Waals surface area contributed by atoms with Crippen molar-refractivity contribution in [1.29, 1.82) is 0 Å². The summed E-state index contributed by atoms with van der Waals surface area (Å²) in [6, 6.07) is 17.2. The number of aryl methyl sites for hydroxylation is 1. The van der Waals surface area contributed by atoms with Gasteiger partial charge in [0.15, 0.2) is 0 Å². The highest BCUT2D eigenvalue weighted by Crippen LogP contribution is 2.15. The molecule has 2 nitrogen and oxygen atoms in total. The van der Waals surface area contributed by atoms with Gasteiger partial charge in [-0.05, 0) is 49.9 Å². The third kappa shape index (κ3) is 5.44. The highest BCUT2D eigenvalue weighted by Gasteiger charge is 2.03. The summed E-state index contributed by atoms with van der Waals surface area (Å²) < 4.78 is 5.78. The molecule has 1 atom stereocenters. The van der Waals surface area contributed by atoms with Gasteiger partial charge in [0.25, 0.3) is 0 Å². The molecule has 0 amide bonds. The number of ether oxygens (including phenoxy) is 1. The lowest BCUT2D eigenvalue weighted by Crippen LogP contribution is -2.31. The molecule has 2 aromatic carbocycles. The molecular formula is C18H23NOS. The molecule has 0 aliphatic rings. The minimum Gasteiger partial charge on any atom is -0.492 e. The van der Waals surface area contributed by atoms with Crippen LogP contribution in [0.4, 0.5) is 0 Å². The summed E-state index contributed by atoms with van der Waals surface area (Å²) in [5.74, 6) is 0.929. The van der Waals surface area contributed by atoms with E-state index < -0.39 is 0 Å². The maximum atomic E-state index is 5.78. The molecule has 0 aliphatic heterocycles. The second-order valence-electron chi connectivity index (χ2n) is 5.25. The molecule has 0 aromatic heterocycles. The molecule has 2 aromatic rings. The van der Waals surface area contributed by atoms with Crippen LogP contribution in [0.2, 0.25) is 0 Å². The molecule has 112 valence electrons. The van der Waals surface area contributed by atoms with Crippen molar-refractivity contribution < 1.29 is 4.74 Å². The van der Waals surface area contributed by atoms with E-state index in [9.17, 15) is 0 Å². The zero-order chi connectivity index (χ0) is 15.1. The van der Waals surface area contributed by atoms with Crippen molar-refractivity contribution in [2.45, 2.75) is 31.3 Å². The fourth-order valence-electron chi connectivity index (χ4n) is 1.95. The Morgan fingerprint density at radius 2 is 1.71 bits per heavy atom. The van der Waals surface area contributed by atoms with E-state index in [0.717, 1.165) is 12.3 Å². The van der Waals surface area contributed by atoms with E-state index in [2.05, 4.69) is 61.8 Å². The number of benzene rings is 2. The predicted octanol–water partition coefficient (Wildman–Crippen LogP) is 4.27. The van der Waals surface area contributed by atoms with Crippen molar-refractivity contribution in [3.05, 3.63) is 59.7 Å². The molecule has 21 heavy (non-hydrogen) atoms. The maximum Gasteiger partial charge on any atom is 0.119 e. The molecule has 0 fully saturated rings. The Kier molecular flexibility index (Phi) is 6.15. The van der Waals surface area contributed by atoms with Crippen molar-refractivity contribution in [3.8, 4) is 5.75 Å². The van der Waals surface area contributed by atoms with Crippen molar-refractivity contribution in [1.82, 2.24) is 5.32 Å². The molecule has 0 heterocycles. The first-order valence-electron chi connectivity index (χ1n) is 7.23. The molecule has 0 saturated carbocycles. The van der Waals surface area contributed by atoms with E-state index in [1.807, 2.05) is 12.1 Å². The quantitative estimate of drug-likeness (QED) is 0.772. The van der Waals surface area contributed by atoms with E-state index in [-0.39, 0.29) is 0 Å². The minimum atomic E-state index is 0.312. The van der Waals surface area contributed by atoms with Gasteiger partial charge in [-0.2, -0.15) is 0 Å². The fourth-order valence-corrected chi connectivity index (χ4v) is 2.36. The topological polar surface area (TPSA) is 21.3 Å². The lowest BCUT2D eigenvalue weighted by Gasteiger charge is -2.15. The van der Waals surface area contributed by atoms with Crippen LogP contribution in [0.15, 0.2) is 53.4 Å². The van der Waals surface area contributed by atoms with Gasteiger partial charge in [-0.25, -0.2) is 0 Å². The van der Waals surface area contributed by atoms with Gasteiger partial charge in [0.05, 0.1) is 0 Å². The Hall–Kier alpha value is -1.45. The van der Waals surface area contributed by atoms with Gasteiger partial charge in [-0.15, -0.1) is 11.8 Å². The summed E-state index contributed by atoms with van der Waals surface area (Å²) in [7, 11) is 0. The molecule has 0 saturated heterocycles.